The van der Waals surface area contributed by atoms with Crippen LogP contribution < -0.4 is 4.74 Å². The lowest BCUT2D eigenvalue weighted by molar-refractivity contribution is -0.968. The molecule has 232 valence electrons. The number of nitrogens with zero attached hydrogens (tertiary/aromatic N) is 1. The molecule has 1 N–H and O–H groups in total. The maximum atomic E-state index is 13.8. The van der Waals surface area contributed by atoms with E-state index in [4.69, 9.17) is 18.9 Å². The molecular weight excluding hydrogens is 558 g/mol. The first-order chi connectivity index (χ1) is 21.3. The highest BCUT2D eigenvalue weighted by Gasteiger charge is 2.72. The van der Waals surface area contributed by atoms with Crippen LogP contribution in [-0.2, 0) is 35.9 Å². The minimum absolute atomic E-state index is 0.108. The van der Waals surface area contributed by atoms with Gasteiger partial charge in [0.1, 0.15) is 42.7 Å². The minimum Gasteiger partial charge on any atom is -0.482 e. The van der Waals surface area contributed by atoms with Gasteiger partial charge in [-0.3, -0.25) is 0 Å². The van der Waals surface area contributed by atoms with Gasteiger partial charge in [-0.2, -0.15) is 0 Å². The van der Waals surface area contributed by atoms with Crippen molar-refractivity contribution >= 4 is 22.7 Å². The number of esters is 2. The molecule has 7 atom stereocenters. The summed E-state index contributed by atoms with van der Waals surface area (Å²) in [5, 5.41) is 14.1. The summed E-state index contributed by atoms with van der Waals surface area (Å²) < 4.78 is 23.8. The molecule has 1 saturated carbocycles. The SMILES string of the molecule is CCOC(=O)COc1ccc2cc(C[N+]3(C)[C@@H]4CC(OC(=O)C(O)(c5ccccc5)C5CCCC5)C[C@H]3[C@@H]3O[C@@H]34)ccc2c1. The van der Waals surface area contributed by atoms with Crippen LogP contribution in [0.4, 0.5) is 0 Å². The normalized spacial score (nSPS) is 30.4. The zero-order valence-electron chi connectivity index (χ0n) is 25.5. The van der Waals surface area contributed by atoms with E-state index in [-0.39, 0.29) is 48.9 Å². The number of rotatable bonds is 10. The van der Waals surface area contributed by atoms with Gasteiger partial charge in [-0.15, -0.1) is 0 Å². The number of benzene rings is 3. The number of piperidine rings is 1. The Morgan fingerprint density at radius 1 is 0.955 bits per heavy atom. The van der Waals surface area contributed by atoms with Crippen molar-refractivity contribution in [1.29, 1.82) is 0 Å². The summed E-state index contributed by atoms with van der Waals surface area (Å²) in [6, 6.07) is 22.2. The molecule has 3 aromatic carbocycles. The number of epoxide rings is 1. The van der Waals surface area contributed by atoms with Crippen molar-refractivity contribution < 1.29 is 38.1 Å². The van der Waals surface area contributed by atoms with Crippen LogP contribution in [-0.4, -0.2) is 72.2 Å². The summed E-state index contributed by atoms with van der Waals surface area (Å²) in [6.45, 7) is 2.86. The van der Waals surface area contributed by atoms with Gasteiger partial charge in [0.05, 0.1) is 13.7 Å². The van der Waals surface area contributed by atoms with Crippen molar-refractivity contribution in [2.45, 2.75) is 88.0 Å². The summed E-state index contributed by atoms with van der Waals surface area (Å²) in [5.74, 6) is -0.360. The number of hydrogen-bond acceptors (Lipinski definition) is 7. The molecule has 3 unspecified atom stereocenters. The summed E-state index contributed by atoms with van der Waals surface area (Å²) in [6.07, 6.45) is 5.31. The van der Waals surface area contributed by atoms with E-state index in [2.05, 4.69) is 25.2 Å². The van der Waals surface area contributed by atoms with Crippen molar-refractivity contribution in [3.63, 3.8) is 0 Å². The predicted octanol–water partition coefficient (Wildman–Crippen LogP) is 5.03. The van der Waals surface area contributed by atoms with E-state index in [9.17, 15) is 14.7 Å². The van der Waals surface area contributed by atoms with E-state index >= 15 is 0 Å². The number of carbonyl (C=O) groups is 2. The van der Waals surface area contributed by atoms with E-state index in [1.54, 1.807) is 6.92 Å². The summed E-state index contributed by atoms with van der Waals surface area (Å²) >= 11 is 0. The van der Waals surface area contributed by atoms with E-state index in [1.165, 1.54) is 5.56 Å². The standard InChI is InChI=1S/C36H42NO7/c1-3-41-32(38)22-42-28-16-15-24-17-23(13-14-25(24)18-28)21-37(2)30-19-29(20-31(37)34-33(30)44-34)43-35(39)36(40,27-11-7-8-12-27)26-9-5-4-6-10-26/h4-6,9-10,13-18,27,29-31,33-34,40H,3,7-8,11-12,19-22H2,1-2H3/q+1/t29?,30-,31+,33-,34+,36?,37?. The fourth-order valence-electron chi connectivity index (χ4n) is 8.39. The predicted molar refractivity (Wildman–Crippen MR) is 164 cm³/mol. The molecule has 4 aliphatic rings. The number of fused-ring (bicyclic) bond motifs is 6. The van der Waals surface area contributed by atoms with Gasteiger partial charge >= 0.3 is 11.9 Å². The second-order valence-electron chi connectivity index (χ2n) is 13.3. The average molecular weight is 601 g/mol. The average Bonchev–Trinajstić information content (AvgIpc) is 3.58. The van der Waals surface area contributed by atoms with Crippen LogP contribution >= 0.6 is 0 Å². The van der Waals surface area contributed by atoms with Gasteiger partial charge in [-0.05, 0) is 54.3 Å². The molecule has 8 nitrogen and oxygen atoms in total. The van der Waals surface area contributed by atoms with E-state index in [0.29, 0.717) is 17.9 Å². The molecule has 2 bridgehead atoms. The molecule has 8 heteroatoms. The van der Waals surface area contributed by atoms with Crippen LogP contribution in [0.3, 0.4) is 0 Å². The number of carbonyl (C=O) groups excluding carboxylic acids is 2. The lowest BCUT2D eigenvalue weighted by Crippen LogP contribution is -2.62. The zero-order chi connectivity index (χ0) is 30.5. The third kappa shape index (κ3) is 5.17. The highest BCUT2D eigenvalue weighted by molar-refractivity contribution is 5.84. The van der Waals surface area contributed by atoms with Crippen molar-refractivity contribution in [3.8, 4) is 5.75 Å². The molecule has 7 rings (SSSR count). The number of aliphatic hydroxyl groups is 1. The third-order valence-electron chi connectivity index (χ3n) is 10.7. The van der Waals surface area contributed by atoms with Crippen molar-refractivity contribution in [1.82, 2.24) is 0 Å². The largest absolute Gasteiger partial charge is 0.482 e. The molecule has 3 aliphatic heterocycles. The fraction of sp³-hybridized carbons (Fsp3) is 0.500. The number of ether oxygens (including phenoxy) is 4. The summed E-state index contributed by atoms with van der Waals surface area (Å²) in [5.41, 5.74) is 0.267. The number of quaternary nitrogens is 1. The van der Waals surface area contributed by atoms with Crippen molar-refractivity contribution in [2.75, 3.05) is 20.3 Å². The highest BCUT2D eigenvalue weighted by atomic mass is 16.6. The summed E-state index contributed by atoms with van der Waals surface area (Å²) in [7, 11) is 2.32. The molecule has 3 heterocycles. The quantitative estimate of drug-likeness (QED) is 0.198. The highest BCUT2D eigenvalue weighted by Crippen LogP contribution is 2.54. The topological polar surface area (TPSA) is 94.6 Å². The van der Waals surface area contributed by atoms with Crippen LogP contribution in [0.15, 0.2) is 66.7 Å². The molecule has 0 aromatic heterocycles. The molecule has 4 fully saturated rings. The Morgan fingerprint density at radius 3 is 2.34 bits per heavy atom. The second-order valence-corrected chi connectivity index (χ2v) is 13.3. The smallest absolute Gasteiger partial charge is 0.344 e. The maximum Gasteiger partial charge on any atom is 0.344 e. The molecule has 1 aliphatic carbocycles. The van der Waals surface area contributed by atoms with Crippen LogP contribution in [0.1, 0.15) is 56.6 Å². The first kappa shape index (κ1) is 29.3. The van der Waals surface area contributed by atoms with Crippen LogP contribution in [0, 0.1) is 5.92 Å². The number of likely N-dealkylation sites (N-methyl/N-ethyl adjacent to an activating group) is 1. The first-order valence-electron chi connectivity index (χ1n) is 16.1. The number of hydrogen-bond donors (Lipinski definition) is 1. The molecule has 3 saturated heterocycles. The molecular formula is C36H42NO7+. The molecule has 3 aromatic rings. The lowest BCUT2D eigenvalue weighted by Gasteiger charge is -2.48. The zero-order valence-corrected chi connectivity index (χ0v) is 25.5. The molecule has 0 spiro atoms. The summed E-state index contributed by atoms with van der Waals surface area (Å²) in [4.78, 5) is 25.5. The fourth-order valence-corrected chi connectivity index (χ4v) is 8.39. The first-order valence-corrected chi connectivity index (χ1v) is 16.1. The van der Waals surface area contributed by atoms with Crippen LogP contribution in [0.2, 0.25) is 0 Å². The number of morpholine rings is 1. The Morgan fingerprint density at radius 2 is 1.64 bits per heavy atom. The minimum atomic E-state index is -1.61. The third-order valence-corrected chi connectivity index (χ3v) is 10.7. The van der Waals surface area contributed by atoms with Gasteiger partial charge in [0.2, 0.25) is 0 Å². The van der Waals surface area contributed by atoms with Gasteiger partial charge in [-0.1, -0.05) is 61.4 Å². The van der Waals surface area contributed by atoms with Gasteiger partial charge < -0.3 is 28.5 Å². The molecule has 0 amide bonds. The van der Waals surface area contributed by atoms with E-state index < -0.39 is 11.6 Å². The van der Waals surface area contributed by atoms with Gasteiger partial charge in [0.25, 0.3) is 0 Å². The lowest BCUT2D eigenvalue weighted by atomic mass is 9.80. The van der Waals surface area contributed by atoms with Crippen molar-refractivity contribution in [2.24, 2.45) is 5.92 Å². The molecule has 44 heavy (non-hydrogen) atoms. The van der Waals surface area contributed by atoms with E-state index in [0.717, 1.165) is 60.3 Å². The van der Waals surface area contributed by atoms with Crippen LogP contribution in [0.5, 0.6) is 5.75 Å². The Balaban J connectivity index is 1.05. The van der Waals surface area contributed by atoms with Crippen molar-refractivity contribution in [3.05, 3.63) is 77.9 Å². The Labute approximate surface area is 258 Å². The maximum absolute atomic E-state index is 13.8. The Kier molecular flexibility index (Phi) is 7.63. The Bertz CT molecular complexity index is 1520. The Hall–Kier alpha value is -3.46. The van der Waals surface area contributed by atoms with E-state index in [1.807, 2.05) is 48.5 Å². The van der Waals surface area contributed by atoms with Crippen LogP contribution in [0.25, 0.3) is 10.8 Å². The second kappa shape index (κ2) is 11.5. The molecule has 0 radical (unpaired) electrons. The van der Waals surface area contributed by atoms with Gasteiger partial charge in [0, 0.05) is 24.3 Å². The monoisotopic (exact) mass is 600 g/mol. The van der Waals surface area contributed by atoms with Gasteiger partial charge in [0.15, 0.2) is 12.2 Å². The van der Waals surface area contributed by atoms with Gasteiger partial charge in [-0.25, -0.2) is 9.59 Å².